The minimum absolute atomic E-state index is 0.124. The second-order valence-corrected chi connectivity index (χ2v) is 6.24. The number of hydrogen-bond donors (Lipinski definition) is 1. The molecule has 6 heteroatoms. The van der Waals surface area contributed by atoms with Gasteiger partial charge in [-0.15, -0.1) is 0 Å². The number of nitrogens with zero attached hydrogens (tertiary/aromatic N) is 3. The van der Waals surface area contributed by atoms with E-state index in [1.54, 1.807) is 12.1 Å². The van der Waals surface area contributed by atoms with Crippen LogP contribution in [0.5, 0.6) is 0 Å². The SMILES string of the molecule is Cc1cc(N2CCc3[nH]c(=O)c(C#N)cc3C2)c2ccc(F)cc2n1. The molecule has 5 nitrogen and oxygen atoms in total. The summed E-state index contributed by atoms with van der Waals surface area (Å²) in [6.45, 7) is 3.19. The van der Waals surface area contributed by atoms with Crippen LogP contribution >= 0.6 is 0 Å². The number of halogens is 1. The number of hydrogen-bond acceptors (Lipinski definition) is 4. The molecule has 0 amide bonds. The van der Waals surface area contributed by atoms with Crippen molar-refractivity contribution in [3.05, 3.63) is 69.0 Å². The van der Waals surface area contributed by atoms with Crippen molar-refractivity contribution in [2.75, 3.05) is 11.4 Å². The molecule has 0 unspecified atom stereocenters. The van der Waals surface area contributed by atoms with Gasteiger partial charge in [-0.2, -0.15) is 5.26 Å². The van der Waals surface area contributed by atoms with Crippen molar-refractivity contribution in [2.24, 2.45) is 0 Å². The van der Waals surface area contributed by atoms with Crippen LogP contribution in [0.2, 0.25) is 0 Å². The third-order valence-electron chi connectivity index (χ3n) is 4.55. The topological polar surface area (TPSA) is 72.8 Å². The standard InChI is InChI=1S/C19H15FN4O/c1-11-6-18(15-3-2-14(20)8-17(15)22-11)24-5-4-16-13(10-24)7-12(9-21)19(25)23-16/h2-3,6-8H,4-5,10H2,1H3,(H,23,25). The average molecular weight is 334 g/mol. The van der Waals surface area contributed by atoms with Crippen molar-refractivity contribution in [3.63, 3.8) is 0 Å². The van der Waals surface area contributed by atoms with E-state index in [1.807, 2.05) is 19.1 Å². The van der Waals surface area contributed by atoms with Crippen LogP contribution in [0.3, 0.4) is 0 Å². The van der Waals surface area contributed by atoms with Gasteiger partial charge in [-0.05, 0) is 36.8 Å². The van der Waals surface area contributed by atoms with Gasteiger partial charge >= 0.3 is 0 Å². The normalized spacial score (nSPS) is 13.6. The first-order chi connectivity index (χ1) is 12.0. The third kappa shape index (κ3) is 2.64. The van der Waals surface area contributed by atoms with E-state index in [0.29, 0.717) is 18.5 Å². The molecule has 3 heterocycles. The Labute approximate surface area is 143 Å². The highest BCUT2D eigenvalue weighted by atomic mass is 19.1. The Balaban J connectivity index is 1.81. The molecule has 0 atom stereocenters. The van der Waals surface area contributed by atoms with E-state index in [0.717, 1.165) is 34.6 Å². The smallest absolute Gasteiger partial charge is 0.266 e. The molecule has 124 valence electrons. The van der Waals surface area contributed by atoms with Gasteiger partial charge in [0.05, 0.1) is 5.52 Å². The molecule has 0 saturated heterocycles. The number of anilines is 1. The van der Waals surface area contributed by atoms with Crippen LogP contribution in [0.4, 0.5) is 10.1 Å². The number of aryl methyl sites for hydroxylation is 1. The molecule has 0 bridgehead atoms. The van der Waals surface area contributed by atoms with Crippen molar-refractivity contribution in [2.45, 2.75) is 19.9 Å². The molecule has 25 heavy (non-hydrogen) atoms. The van der Waals surface area contributed by atoms with E-state index in [1.165, 1.54) is 12.1 Å². The third-order valence-corrected chi connectivity index (χ3v) is 4.55. The quantitative estimate of drug-likeness (QED) is 0.743. The largest absolute Gasteiger partial charge is 0.366 e. The molecule has 4 rings (SSSR count). The molecule has 0 aliphatic carbocycles. The lowest BCUT2D eigenvalue weighted by Crippen LogP contribution is -2.33. The Morgan fingerprint density at radius 3 is 2.96 bits per heavy atom. The van der Waals surface area contributed by atoms with Crippen LogP contribution < -0.4 is 10.5 Å². The number of fused-ring (bicyclic) bond motifs is 2. The van der Waals surface area contributed by atoms with Gasteiger partial charge in [-0.3, -0.25) is 9.78 Å². The average Bonchev–Trinajstić information content (AvgIpc) is 2.59. The highest BCUT2D eigenvalue weighted by molar-refractivity contribution is 5.92. The van der Waals surface area contributed by atoms with Gasteiger partial charge in [0.15, 0.2) is 0 Å². The minimum Gasteiger partial charge on any atom is -0.366 e. The molecule has 0 spiro atoms. The zero-order valence-electron chi connectivity index (χ0n) is 13.6. The van der Waals surface area contributed by atoms with E-state index in [-0.39, 0.29) is 16.9 Å². The second kappa shape index (κ2) is 5.71. The van der Waals surface area contributed by atoms with Crippen LogP contribution in [0.15, 0.2) is 35.1 Å². The number of benzene rings is 1. The predicted octanol–water partition coefficient (Wildman–Crippen LogP) is 2.81. The van der Waals surface area contributed by atoms with Gasteiger partial charge in [-0.1, -0.05) is 0 Å². The minimum atomic E-state index is -0.338. The van der Waals surface area contributed by atoms with E-state index in [2.05, 4.69) is 14.9 Å². The van der Waals surface area contributed by atoms with Crippen LogP contribution in [0.25, 0.3) is 10.9 Å². The second-order valence-electron chi connectivity index (χ2n) is 6.24. The predicted molar refractivity (Wildman–Crippen MR) is 93.0 cm³/mol. The molecule has 2 aromatic heterocycles. The lowest BCUT2D eigenvalue weighted by atomic mass is 10.0. The number of nitriles is 1. The summed E-state index contributed by atoms with van der Waals surface area (Å²) >= 11 is 0. The number of aromatic amines is 1. The highest BCUT2D eigenvalue weighted by Crippen LogP contribution is 2.30. The van der Waals surface area contributed by atoms with Gasteiger partial charge in [0.25, 0.3) is 5.56 Å². The number of aromatic nitrogens is 2. The molecular formula is C19H15FN4O. The van der Waals surface area contributed by atoms with E-state index >= 15 is 0 Å². The summed E-state index contributed by atoms with van der Waals surface area (Å²) in [4.78, 5) is 21.2. The summed E-state index contributed by atoms with van der Waals surface area (Å²) in [5, 5.41) is 9.97. The van der Waals surface area contributed by atoms with Crippen LogP contribution in [0.1, 0.15) is 22.5 Å². The van der Waals surface area contributed by atoms with Crippen molar-refractivity contribution < 1.29 is 4.39 Å². The first kappa shape index (κ1) is 15.3. The van der Waals surface area contributed by atoms with Gasteiger partial charge in [0.1, 0.15) is 17.4 Å². The van der Waals surface area contributed by atoms with Crippen LogP contribution in [-0.4, -0.2) is 16.5 Å². The Morgan fingerprint density at radius 1 is 1.32 bits per heavy atom. The maximum atomic E-state index is 13.5. The summed E-state index contributed by atoms with van der Waals surface area (Å²) in [7, 11) is 0. The van der Waals surface area contributed by atoms with Crippen LogP contribution in [0, 0.1) is 24.1 Å². The fourth-order valence-corrected chi connectivity index (χ4v) is 3.37. The molecule has 1 aliphatic heterocycles. The molecule has 1 aliphatic rings. The van der Waals surface area contributed by atoms with E-state index in [9.17, 15) is 9.18 Å². The first-order valence-corrected chi connectivity index (χ1v) is 8.02. The maximum Gasteiger partial charge on any atom is 0.266 e. The lowest BCUT2D eigenvalue weighted by molar-refractivity contribution is 0.629. The molecule has 0 radical (unpaired) electrons. The summed E-state index contributed by atoms with van der Waals surface area (Å²) in [6, 6.07) is 10.2. The fraction of sp³-hybridized carbons (Fsp3) is 0.211. The molecule has 0 saturated carbocycles. The summed E-state index contributed by atoms with van der Waals surface area (Å²) < 4.78 is 13.5. The Bertz CT molecular complexity index is 1090. The fourth-order valence-electron chi connectivity index (χ4n) is 3.37. The van der Waals surface area contributed by atoms with Crippen molar-refractivity contribution in [1.29, 1.82) is 5.26 Å². The first-order valence-electron chi connectivity index (χ1n) is 8.02. The van der Waals surface area contributed by atoms with Crippen molar-refractivity contribution in [3.8, 4) is 6.07 Å². The lowest BCUT2D eigenvalue weighted by Gasteiger charge is -2.31. The van der Waals surface area contributed by atoms with E-state index < -0.39 is 0 Å². The Kier molecular flexibility index (Phi) is 3.50. The number of rotatable bonds is 1. The van der Waals surface area contributed by atoms with Crippen molar-refractivity contribution >= 4 is 16.6 Å². The zero-order chi connectivity index (χ0) is 17.6. The highest BCUT2D eigenvalue weighted by Gasteiger charge is 2.21. The maximum absolute atomic E-state index is 13.5. The van der Waals surface area contributed by atoms with Gasteiger partial charge in [0, 0.05) is 48.0 Å². The monoisotopic (exact) mass is 334 g/mol. The Hall–Kier alpha value is -3.20. The molecule has 0 fully saturated rings. The van der Waals surface area contributed by atoms with Crippen LogP contribution in [-0.2, 0) is 13.0 Å². The Morgan fingerprint density at radius 2 is 2.16 bits per heavy atom. The number of pyridine rings is 2. The zero-order valence-corrected chi connectivity index (χ0v) is 13.6. The van der Waals surface area contributed by atoms with E-state index in [4.69, 9.17) is 5.26 Å². The van der Waals surface area contributed by atoms with Crippen molar-refractivity contribution in [1.82, 2.24) is 9.97 Å². The molecular weight excluding hydrogens is 319 g/mol. The summed E-state index contributed by atoms with van der Waals surface area (Å²) in [5.41, 5.74) is 4.03. The van der Waals surface area contributed by atoms with Gasteiger partial charge < -0.3 is 9.88 Å². The molecule has 3 aromatic rings. The number of nitrogens with one attached hydrogen (secondary N) is 1. The number of H-pyrrole nitrogens is 1. The molecule has 1 N–H and O–H groups in total. The summed E-state index contributed by atoms with van der Waals surface area (Å²) in [5.74, 6) is -0.309. The van der Waals surface area contributed by atoms with Gasteiger partial charge in [-0.25, -0.2) is 4.39 Å². The summed E-state index contributed by atoms with van der Waals surface area (Å²) in [6.07, 6.45) is 0.681. The molecule has 1 aromatic carbocycles. The van der Waals surface area contributed by atoms with Gasteiger partial charge in [0.2, 0.25) is 0 Å².